The van der Waals surface area contributed by atoms with Crippen molar-refractivity contribution in [1.29, 1.82) is 0 Å². The van der Waals surface area contributed by atoms with Crippen LogP contribution < -0.4 is 5.32 Å². The van der Waals surface area contributed by atoms with E-state index in [1.807, 2.05) is 0 Å². The molecule has 2 heteroatoms. The molecule has 100 valence electrons. The van der Waals surface area contributed by atoms with Gasteiger partial charge in [0.1, 0.15) is 0 Å². The molecule has 3 atom stereocenters. The van der Waals surface area contributed by atoms with Crippen molar-refractivity contribution in [3.63, 3.8) is 0 Å². The van der Waals surface area contributed by atoms with E-state index in [-0.39, 0.29) is 0 Å². The molecule has 0 aromatic heterocycles. The monoisotopic (exact) mass is 238 g/mol. The quantitative estimate of drug-likeness (QED) is 0.565. The number of nitrogens with zero attached hydrogens (tertiary/aromatic N) is 1. The fourth-order valence-electron chi connectivity index (χ4n) is 2.99. The van der Waals surface area contributed by atoms with E-state index in [1.54, 1.807) is 5.57 Å². The molecule has 0 saturated carbocycles. The molecule has 1 aliphatic carbocycles. The van der Waals surface area contributed by atoms with Crippen molar-refractivity contribution in [2.24, 2.45) is 17.8 Å². The number of allylic oxidation sites excluding steroid dienone is 2. The average Bonchev–Trinajstić information content (AvgIpc) is 2.20. The first-order valence-corrected chi connectivity index (χ1v) is 7.03. The van der Waals surface area contributed by atoms with Crippen LogP contribution in [0.2, 0.25) is 0 Å². The lowest BCUT2D eigenvalue weighted by atomic mass is 9.75. The third kappa shape index (κ3) is 5.22. The maximum Gasteiger partial charge on any atom is -0.00123 e. The molecule has 0 aliphatic heterocycles. The topological polar surface area (TPSA) is 15.3 Å². The van der Waals surface area contributed by atoms with Gasteiger partial charge in [-0.15, -0.1) is 0 Å². The lowest BCUT2D eigenvalue weighted by Gasteiger charge is -2.33. The van der Waals surface area contributed by atoms with Gasteiger partial charge in [-0.05, 0) is 71.2 Å². The van der Waals surface area contributed by atoms with Gasteiger partial charge in [-0.1, -0.05) is 25.5 Å². The van der Waals surface area contributed by atoms with Gasteiger partial charge in [-0.3, -0.25) is 0 Å². The van der Waals surface area contributed by atoms with Crippen molar-refractivity contribution >= 4 is 0 Å². The van der Waals surface area contributed by atoms with Crippen molar-refractivity contribution in [2.75, 3.05) is 33.7 Å². The average molecular weight is 238 g/mol. The number of hydrogen-bond donors (Lipinski definition) is 1. The van der Waals surface area contributed by atoms with E-state index in [1.165, 1.54) is 25.9 Å². The SMILES string of the molecule is CC1=C[C@H](C)[C@H](CNCCCN(C)C)[C@@H](C)C1. The normalized spacial score (nSPS) is 29.5. The predicted octanol–water partition coefficient (Wildman–Crippen LogP) is 2.77. The van der Waals surface area contributed by atoms with Gasteiger partial charge >= 0.3 is 0 Å². The first-order chi connectivity index (χ1) is 8.00. The van der Waals surface area contributed by atoms with Crippen LogP contribution in [0.3, 0.4) is 0 Å². The molecule has 0 spiro atoms. The molecule has 0 fully saturated rings. The van der Waals surface area contributed by atoms with Crippen LogP contribution in [0.25, 0.3) is 0 Å². The van der Waals surface area contributed by atoms with Crippen LogP contribution in [-0.2, 0) is 0 Å². The Morgan fingerprint density at radius 3 is 2.65 bits per heavy atom. The van der Waals surface area contributed by atoms with Crippen molar-refractivity contribution in [3.05, 3.63) is 11.6 Å². The first kappa shape index (κ1) is 14.7. The zero-order chi connectivity index (χ0) is 12.8. The maximum atomic E-state index is 3.63. The zero-order valence-corrected chi connectivity index (χ0v) is 12.3. The minimum absolute atomic E-state index is 0.736. The molecule has 0 bridgehead atoms. The second-order valence-electron chi connectivity index (χ2n) is 6.08. The Hall–Kier alpha value is -0.340. The Morgan fingerprint density at radius 1 is 1.35 bits per heavy atom. The van der Waals surface area contributed by atoms with Gasteiger partial charge in [0, 0.05) is 0 Å². The molecule has 2 nitrogen and oxygen atoms in total. The highest BCUT2D eigenvalue weighted by molar-refractivity contribution is 5.08. The molecular weight excluding hydrogens is 208 g/mol. The van der Waals surface area contributed by atoms with Crippen molar-refractivity contribution < 1.29 is 0 Å². The van der Waals surface area contributed by atoms with Crippen LogP contribution >= 0.6 is 0 Å². The predicted molar refractivity (Wildman–Crippen MR) is 76.2 cm³/mol. The van der Waals surface area contributed by atoms with Crippen LogP contribution in [0, 0.1) is 17.8 Å². The lowest BCUT2D eigenvalue weighted by molar-refractivity contribution is 0.260. The van der Waals surface area contributed by atoms with Crippen LogP contribution in [0.5, 0.6) is 0 Å². The van der Waals surface area contributed by atoms with Gasteiger partial charge in [0.2, 0.25) is 0 Å². The summed E-state index contributed by atoms with van der Waals surface area (Å²) in [6, 6.07) is 0. The Kier molecular flexibility index (Phi) is 6.21. The zero-order valence-electron chi connectivity index (χ0n) is 12.3. The highest BCUT2D eigenvalue weighted by Gasteiger charge is 2.25. The fourth-order valence-corrected chi connectivity index (χ4v) is 2.99. The maximum absolute atomic E-state index is 3.63. The molecule has 1 rings (SSSR count). The summed E-state index contributed by atoms with van der Waals surface area (Å²) in [5, 5.41) is 3.63. The summed E-state index contributed by atoms with van der Waals surface area (Å²) in [7, 11) is 4.28. The number of nitrogens with one attached hydrogen (secondary N) is 1. The largest absolute Gasteiger partial charge is 0.316 e. The van der Waals surface area contributed by atoms with Crippen molar-refractivity contribution in [2.45, 2.75) is 33.6 Å². The van der Waals surface area contributed by atoms with Crippen molar-refractivity contribution in [1.82, 2.24) is 10.2 Å². The molecule has 0 unspecified atom stereocenters. The molecular formula is C15H30N2. The lowest BCUT2D eigenvalue weighted by Crippen LogP contribution is -2.34. The van der Waals surface area contributed by atoms with Crippen LogP contribution in [-0.4, -0.2) is 38.6 Å². The highest BCUT2D eigenvalue weighted by atomic mass is 15.1. The third-order valence-electron chi connectivity index (χ3n) is 3.94. The molecule has 0 aromatic rings. The van der Waals surface area contributed by atoms with E-state index >= 15 is 0 Å². The summed E-state index contributed by atoms with van der Waals surface area (Å²) in [6.45, 7) is 10.6. The molecule has 0 amide bonds. The first-order valence-electron chi connectivity index (χ1n) is 7.03. The minimum Gasteiger partial charge on any atom is -0.316 e. The summed E-state index contributed by atoms with van der Waals surface area (Å²) < 4.78 is 0. The third-order valence-corrected chi connectivity index (χ3v) is 3.94. The standard InChI is InChI=1S/C15H30N2/c1-12-9-13(2)15(14(3)10-12)11-16-7-6-8-17(4)5/h9,13-16H,6-8,10-11H2,1-5H3/t13-,14-,15-/m0/s1. The van der Waals surface area contributed by atoms with E-state index in [0.29, 0.717) is 0 Å². The Morgan fingerprint density at radius 2 is 2.06 bits per heavy atom. The summed E-state index contributed by atoms with van der Waals surface area (Å²) in [4.78, 5) is 2.25. The van der Waals surface area contributed by atoms with Crippen LogP contribution in [0.1, 0.15) is 33.6 Å². The smallest absolute Gasteiger partial charge is 0.00123 e. The molecule has 0 heterocycles. The van der Waals surface area contributed by atoms with Gasteiger partial charge in [0.25, 0.3) is 0 Å². The molecule has 17 heavy (non-hydrogen) atoms. The summed E-state index contributed by atoms with van der Waals surface area (Å²) in [5.74, 6) is 2.38. The molecule has 0 aromatic carbocycles. The summed E-state index contributed by atoms with van der Waals surface area (Å²) in [6.07, 6.45) is 5.00. The second kappa shape index (κ2) is 7.17. The van der Waals surface area contributed by atoms with E-state index in [9.17, 15) is 0 Å². The summed E-state index contributed by atoms with van der Waals surface area (Å²) >= 11 is 0. The Labute approximate surface area is 107 Å². The fraction of sp³-hybridized carbons (Fsp3) is 0.867. The van der Waals surface area contributed by atoms with Gasteiger partial charge in [-0.2, -0.15) is 0 Å². The number of rotatable bonds is 6. The molecule has 0 radical (unpaired) electrons. The highest BCUT2D eigenvalue weighted by Crippen LogP contribution is 2.32. The minimum atomic E-state index is 0.736. The molecule has 1 aliphatic rings. The molecule has 0 saturated heterocycles. The molecule has 1 N–H and O–H groups in total. The van der Waals surface area contributed by atoms with E-state index in [2.05, 4.69) is 51.2 Å². The Balaban J connectivity index is 2.22. The number of hydrogen-bond acceptors (Lipinski definition) is 2. The van der Waals surface area contributed by atoms with E-state index in [0.717, 1.165) is 24.3 Å². The van der Waals surface area contributed by atoms with E-state index < -0.39 is 0 Å². The van der Waals surface area contributed by atoms with Gasteiger partial charge in [0.15, 0.2) is 0 Å². The van der Waals surface area contributed by atoms with Gasteiger partial charge in [-0.25, -0.2) is 0 Å². The summed E-state index contributed by atoms with van der Waals surface area (Å²) in [5.41, 5.74) is 1.58. The van der Waals surface area contributed by atoms with Crippen LogP contribution in [0.15, 0.2) is 11.6 Å². The van der Waals surface area contributed by atoms with Gasteiger partial charge < -0.3 is 10.2 Å². The van der Waals surface area contributed by atoms with Crippen LogP contribution in [0.4, 0.5) is 0 Å². The van der Waals surface area contributed by atoms with Gasteiger partial charge in [0.05, 0.1) is 0 Å². The van der Waals surface area contributed by atoms with E-state index in [4.69, 9.17) is 0 Å². The van der Waals surface area contributed by atoms with Crippen molar-refractivity contribution in [3.8, 4) is 0 Å². The second-order valence-corrected chi connectivity index (χ2v) is 6.08. The Bertz CT molecular complexity index is 245.